The molecule has 1 aliphatic heterocycles. The fourth-order valence-corrected chi connectivity index (χ4v) is 3.69. The molecule has 0 fully saturated rings. The quantitative estimate of drug-likeness (QED) is 0.629. The Morgan fingerprint density at radius 2 is 1.96 bits per heavy atom. The number of hydrogen-bond donors (Lipinski definition) is 2. The van der Waals surface area contributed by atoms with E-state index in [1.807, 2.05) is 31.2 Å². The van der Waals surface area contributed by atoms with Gasteiger partial charge in [-0.1, -0.05) is 53.7 Å². The number of rotatable bonds is 4. The van der Waals surface area contributed by atoms with Crippen molar-refractivity contribution in [3.63, 3.8) is 0 Å². The number of nitrogens with zero attached hydrogens (tertiary/aromatic N) is 2. The third kappa shape index (κ3) is 3.45. The maximum atomic E-state index is 12.0. The van der Waals surface area contributed by atoms with Crippen molar-refractivity contribution >= 4 is 34.3 Å². The fourth-order valence-electron chi connectivity index (χ4n) is 2.68. The smallest absolute Gasteiger partial charge is 0.335 e. The Hall–Kier alpha value is -3.13. The van der Waals surface area contributed by atoms with Gasteiger partial charge < -0.3 is 10.8 Å². The maximum Gasteiger partial charge on any atom is 0.335 e. The first-order valence-corrected chi connectivity index (χ1v) is 8.54. The number of hydrogen-bond acceptors (Lipinski definition) is 6. The molecule has 0 amide bonds. The molecule has 1 heterocycles. The second kappa shape index (κ2) is 7.01. The zero-order valence-electron chi connectivity index (χ0n) is 13.7. The molecule has 0 saturated heterocycles. The van der Waals surface area contributed by atoms with E-state index in [-0.39, 0.29) is 22.1 Å². The molecule has 2 aromatic carbocycles. The van der Waals surface area contributed by atoms with Crippen LogP contribution >= 0.6 is 11.8 Å². The molecular weight excluding hydrogens is 354 g/mol. The molecule has 0 aromatic heterocycles. The van der Waals surface area contributed by atoms with E-state index in [1.54, 1.807) is 6.07 Å². The number of aryl methyl sites for hydroxylation is 1. The highest BCUT2D eigenvalue weighted by Crippen LogP contribution is 2.44. The molecule has 0 bridgehead atoms. The Morgan fingerprint density at radius 1 is 1.27 bits per heavy atom. The molecule has 0 saturated carbocycles. The van der Waals surface area contributed by atoms with E-state index in [9.17, 15) is 20.0 Å². The van der Waals surface area contributed by atoms with E-state index in [0.29, 0.717) is 5.56 Å². The number of amidine groups is 1. The van der Waals surface area contributed by atoms with Crippen LogP contribution in [0.15, 0.2) is 59.1 Å². The highest BCUT2D eigenvalue weighted by molar-refractivity contribution is 8.14. The van der Waals surface area contributed by atoms with E-state index in [2.05, 4.69) is 4.99 Å². The van der Waals surface area contributed by atoms with Gasteiger partial charge in [0.1, 0.15) is 0 Å². The van der Waals surface area contributed by atoms with Gasteiger partial charge in [0.2, 0.25) is 0 Å². The van der Waals surface area contributed by atoms with Gasteiger partial charge in [0.25, 0.3) is 5.69 Å². The highest BCUT2D eigenvalue weighted by Gasteiger charge is 2.32. The van der Waals surface area contributed by atoms with Gasteiger partial charge in [0.15, 0.2) is 5.17 Å². The Bertz CT molecular complexity index is 951. The Labute approximate surface area is 153 Å². The zero-order valence-corrected chi connectivity index (χ0v) is 14.6. The standard InChI is InChI=1S/C18H15N3O4S/c1-10-5-7-11(8-6-10)16-14(17(22)23)15(20-18(19)26-16)12-3-2-4-13(9-12)21(24)25/h2-9,16H,1H3,(H2,19,20)(H,22,23). The SMILES string of the molecule is Cc1ccc(C2SC(N)=NC(c3cccc([N+](=O)[O-])c3)=C2C(=O)O)cc1. The number of carboxylic acids is 1. The summed E-state index contributed by atoms with van der Waals surface area (Å²) in [5.41, 5.74) is 8.16. The van der Waals surface area contributed by atoms with Gasteiger partial charge in [-0.05, 0) is 12.5 Å². The van der Waals surface area contributed by atoms with Crippen molar-refractivity contribution in [3.8, 4) is 0 Å². The fraction of sp³-hybridized carbons (Fsp3) is 0.111. The molecule has 7 nitrogen and oxygen atoms in total. The lowest BCUT2D eigenvalue weighted by atomic mass is 9.98. The minimum absolute atomic E-state index is 0.0496. The Morgan fingerprint density at radius 3 is 2.58 bits per heavy atom. The van der Waals surface area contributed by atoms with Gasteiger partial charge in [0.05, 0.1) is 21.4 Å². The lowest BCUT2D eigenvalue weighted by Crippen LogP contribution is -2.20. The number of aliphatic carboxylic acids is 1. The number of nitrogens with two attached hydrogens (primary N) is 1. The molecule has 0 spiro atoms. The molecule has 1 aliphatic rings. The summed E-state index contributed by atoms with van der Waals surface area (Å²) in [5, 5.41) is 20.5. The van der Waals surface area contributed by atoms with Crippen molar-refractivity contribution in [3.05, 3.63) is 80.9 Å². The van der Waals surface area contributed by atoms with Crippen LogP contribution in [-0.2, 0) is 4.79 Å². The molecule has 0 aliphatic carbocycles. The number of carboxylic acid groups (broad SMARTS) is 1. The predicted octanol–water partition coefficient (Wildman–Crippen LogP) is 3.50. The Balaban J connectivity index is 2.19. The maximum absolute atomic E-state index is 12.0. The van der Waals surface area contributed by atoms with Crippen molar-refractivity contribution < 1.29 is 14.8 Å². The molecule has 1 atom stereocenters. The largest absolute Gasteiger partial charge is 0.478 e. The lowest BCUT2D eigenvalue weighted by molar-refractivity contribution is -0.384. The molecule has 3 rings (SSSR count). The van der Waals surface area contributed by atoms with E-state index >= 15 is 0 Å². The van der Waals surface area contributed by atoms with Crippen LogP contribution in [0.4, 0.5) is 5.69 Å². The van der Waals surface area contributed by atoms with Gasteiger partial charge in [-0.3, -0.25) is 10.1 Å². The number of thioether (sulfide) groups is 1. The van der Waals surface area contributed by atoms with E-state index in [0.717, 1.165) is 22.9 Å². The number of aliphatic imine (C=N–C) groups is 1. The van der Waals surface area contributed by atoms with Gasteiger partial charge in [0, 0.05) is 17.7 Å². The summed E-state index contributed by atoms with van der Waals surface area (Å²) >= 11 is 1.15. The molecule has 3 N–H and O–H groups in total. The summed E-state index contributed by atoms with van der Waals surface area (Å²) in [6, 6.07) is 13.2. The van der Waals surface area contributed by atoms with E-state index in [1.165, 1.54) is 18.2 Å². The van der Waals surface area contributed by atoms with Crippen molar-refractivity contribution in [2.75, 3.05) is 0 Å². The third-order valence-corrected chi connectivity index (χ3v) is 5.00. The second-order valence-electron chi connectivity index (χ2n) is 5.73. The monoisotopic (exact) mass is 369 g/mol. The normalized spacial score (nSPS) is 17.0. The van der Waals surface area contributed by atoms with Crippen LogP contribution in [0.3, 0.4) is 0 Å². The van der Waals surface area contributed by atoms with Crippen LogP contribution in [0.2, 0.25) is 0 Å². The minimum Gasteiger partial charge on any atom is -0.478 e. The van der Waals surface area contributed by atoms with Crippen molar-refractivity contribution in [1.82, 2.24) is 0 Å². The van der Waals surface area contributed by atoms with Crippen molar-refractivity contribution in [2.45, 2.75) is 12.2 Å². The summed E-state index contributed by atoms with van der Waals surface area (Å²) in [6.07, 6.45) is 0. The number of carbonyl (C=O) groups is 1. The number of benzene rings is 2. The summed E-state index contributed by atoms with van der Waals surface area (Å²) in [4.78, 5) is 26.7. The molecule has 26 heavy (non-hydrogen) atoms. The predicted molar refractivity (Wildman–Crippen MR) is 101 cm³/mol. The van der Waals surface area contributed by atoms with Crippen LogP contribution in [-0.4, -0.2) is 21.2 Å². The van der Waals surface area contributed by atoms with Crippen LogP contribution < -0.4 is 5.73 Å². The summed E-state index contributed by atoms with van der Waals surface area (Å²) in [7, 11) is 0. The topological polar surface area (TPSA) is 119 Å². The summed E-state index contributed by atoms with van der Waals surface area (Å²) < 4.78 is 0. The van der Waals surface area contributed by atoms with Crippen LogP contribution in [0.1, 0.15) is 21.9 Å². The average Bonchev–Trinajstić information content (AvgIpc) is 2.61. The van der Waals surface area contributed by atoms with Gasteiger partial charge in [-0.15, -0.1) is 0 Å². The number of nitro groups is 1. The average molecular weight is 369 g/mol. The number of non-ortho nitro benzene ring substituents is 1. The molecule has 0 radical (unpaired) electrons. The molecule has 2 aromatic rings. The summed E-state index contributed by atoms with van der Waals surface area (Å²) in [6.45, 7) is 1.94. The highest BCUT2D eigenvalue weighted by atomic mass is 32.2. The molecule has 132 valence electrons. The Kier molecular flexibility index (Phi) is 4.77. The third-order valence-electron chi connectivity index (χ3n) is 3.92. The zero-order chi connectivity index (χ0) is 18.8. The molecule has 1 unspecified atom stereocenters. The second-order valence-corrected chi connectivity index (χ2v) is 6.86. The van der Waals surface area contributed by atoms with Crippen LogP contribution in [0.25, 0.3) is 5.70 Å². The van der Waals surface area contributed by atoms with Crippen LogP contribution in [0, 0.1) is 17.0 Å². The summed E-state index contributed by atoms with van der Waals surface area (Å²) in [5.74, 6) is -1.14. The van der Waals surface area contributed by atoms with E-state index in [4.69, 9.17) is 5.73 Å². The first-order valence-electron chi connectivity index (χ1n) is 7.66. The van der Waals surface area contributed by atoms with Crippen LogP contribution in [0.5, 0.6) is 0 Å². The minimum atomic E-state index is -1.14. The first kappa shape index (κ1) is 17.7. The van der Waals surface area contributed by atoms with Crippen molar-refractivity contribution in [2.24, 2.45) is 10.7 Å². The lowest BCUT2D eigenvalue weighted by Gasteiger charge is -2.24. The number of nitro benzene ring substituents is 1. The first-order chi connectivity index (χ1) is 12.4. The molecular formula is C18H15N3O4S. The van der Waals surface area contributed by atoms with Gasteiger partial charge in [-0.25, -0.2) is 9.79 Å². The van der Waals surface area contributed by atoms with E-state index < -0.39 is 16.1 Å². The van der Waals surface area contributed by atoms with Crippen molar-refractivity contribution in [1.29, 1.82) is 0 Å². The molecule has 8 heteroatoms. The van der Waals surface area contributed by atoms with Gasteiger partial charge in [-0.2, -0.15) is 0 Å². The van der Waals surface area contributed by atoms with Gasteiger partial charge >= 0.3 is 5.97 Å².